The summed E-state index contributed by atoms with van der Waals surface area (Å²) >= 11 is 0. The number of aryl methyl sites for hydroxylation is 1. The average molecular weight is 274 g/mol. The third-order valence-corrected chi connectivity index (χ3v) is 3.41. The molecule has 0 amide bonds. The minimum atomic E-state index is 0.646. The first-order valence-electron chi connectivity index (χ1n) is 6.73. The van der Waals surface area contributed by atoms with Crippen molar-refractivity contribution in [2.75, 3.05) is 5.32 Å². The highest BCUT2D eigenvalue weighted by Gasteiger charge is 2.05. The van der Waals surface area contributed by atoms with E-state index in [0.717, 1.165) is 27.8 Å². The van der Waals surface area contributed by atoms with Crippen LogP contribution in [0.15, 0.2) is 48.5 Å². The summed E-state index contributed by atoms with van der Waals surface area (Å²) in [4.78, 5) is 0. The van der Waals surface area contributed by atoms with Crippen LogP contribution in [-0.2, 0) is 6.54 Å². The summed E-state index contributed by atoms with van der Waals surface area (Å²) in [5, 5.41) is 22.7. The molecule has 21 heavy (non-hydrogen) atoms. The summed E-state index contributed by atoms with van der Waals surface area (Å²) in [7, 11) is 0. The second kappa shape index (κ2) is 5.59. The Balaban J connectivity index is 1.85. The summed E-state index contributed by atoms with van der Waals surface area (Å²) in [5.41, 5.74) is 2.69. The predicted molar refractivity (Wildman–Crippen MR) is 82.8 cm³/mol. The van der Waals surface area contributed by atoms with Crippen molar-refractivity contribution in [3.63, 3.8) is 0 Å². The number of hydrogen-bond donors (Lipinski definition) is 1. The summed E-state index contributed by atoms with van der Waals surface area (Å²) < 4.78 is 0. The van der Waals surface area contributed by atoms with Gasteiger partial charge in [0.2, 0.25) is 0 Å². The smallest absolute Gasteiger partial charge is 0.156 e. The van der Waals surface area contributed by atoms with Crippen molar-refractivity contribution in [2.24, 2.45) is 0 Å². The van der Waals surface area contributed by atoms with Crippen LogP contribution in [0.2, 0.25) is 0 Å². The first-order valence-corrected chi connectivity index (χ1v) is 6.73. The van der Waals surface area contributed by atoms with Crippen LogP contribution in [0.5, 0.6) is 0 Å². The maximum Gasteiger partial charge on any atom is 0.156 e. The lowest BCUT2D eigenvalue weighted by Gasteiger charge is -2.09. The highest BCUT2D eigenvalue weighted by molar-refractivity contribution is 5.92. The maximum absolute atomic E-state index is 8.80. The van der Waals surface area contributed by atoms with Crippen LogP contribution in [0.1, 0.15) is 16.8 Å². The number of benzene rings is 2. The van der Waals surface area contributed by atoms with Crippen LogP contribution in [0.4, 0.5) is 5.82 Å². The van der Waals surface area contributed by atoms with Crippen molar-refractivity contribution in [3.8, 4) is 6.07 Å². The van der Waals surface area contributed by atoms with E-state index in [1.807, 2.05) is 55.5 Å². The van der Waals surface area contributed by atoms with E-state index < -0.39 is 0 Å². The zero-order valence-electron chi connectivity index (χ0n) is 11.7. The van der Waals surface area contributed by atoms with Crippen LogP contribution in [0, 0.1) is 18.3 Å². The second-order valence-electron chi connectivity index (χ2n) is 4.84. The predicted octanol–water partition coefficient (Wildman–Crippen LogP) is 3.42. The molecule has 0 spiro atoms. The summed E-state index contributed by atoms with van der Waals surface area (Å²) in [6.45, 7) is 2.60. The lowest BCUT2D eigenvalue weighted by atomic mass is 10.1. The van der Waals surface area contributed by atoms with Gasteiger partial charge in [-0.15, -0.1) is 5.10 Å². The molecule has 0 saturated heterocycles. The highest BCUT2D eigenvalue weighted by Crippen LogP contribution is 2.22. The first kappa shape index (κ1) is 13.1. The number of nitrogens with zero attached hydrogens (tertiary/aromatic N) is 3. The number of nitriles is 1. The molecule has 1 N–H and O–H groups in total. The van der Waals surface area contributed by atoms with Crippen molar-refractivity contribution >= 4 is 16.6 Å². The molecule has 0 atom stereocenters. The monoisotopic (exact) mass is 274 g/mol. The lowest BCUT2D eigenvalue weighted by Crippen LogP contribution is -2.04. The molecule has 0 aliphatic heterocycles. The Labute approximate surface area is 123 Å². The summed E-state index contributed by atoms with van der Waals surface area (Å²) in [6, 6.07) is 17.7. The fourth-order valence-electron chi connectivity index (χ4n) is 2.25. The molecule has 0 aliphatic rings. The average Bonchev–Trinajstić information content (AvgIpc) is 2.55. The van der Waals surface area contributed by atoms with Gasteiger partial charge in [-0.05, 0) is 24.6 Å². The van der Waals surface area contributed by atoms with Gasteiger partial charge in [0.05, 0.1) is 17.3 Å². The Kier molecular flexibility index (Phi) is 3.48. The van der Waals surface area contributed by atoms with Crippen LogP contribution < -0.4 is 5.32 Å². The van der Waals surface area contributed by atoms with Crippen LogP contribution in [0.3, 0.4) is 0 Å². The lowest BCUT2D eigenvalue weighted by molar-refractivity contribution is 0.983. The molecule has 0 saturated carbocycles. The Hall–Kier alpha value is -2.93. The summed E-state index contributed by atoms with van der Waals surface area (Å²) in [5.74, 6) is 0.778. The highest BCUT2D eigenvalue weighted by atomic mass is 15.2. The van der Waals surface area contributed by atoms with Crippen molar-refractivity contribution in [1.29, 1.82) is 5.26 Å². The van der Waals surface area contributed by atoms with Crippen molar-refractivity contribution in [2.45, 2.75) is 13.5 Å². The Bertz CT molecular complexity index is 816. The maximum atomic E-state index is 8.80. The second-order valence-corrected chi connectivity index (χ2v) is 4.84. The third-order valence-electron chi connectivity index (χ3n) is 3.41. The minimum absolute atomic E-state index is 0.646. The Morgan fingerprint density at radius 2 is 1.71 bits per heavy atom. The fraction of sp³-hybridized carbons (Fsp3) is 0.118. The van der Waals surface area contributed by atoms with Crippen LogP contribution in [0.25, 0.3) is 10.8 Å². The molecule has 3 rings (SSSR count). The fourth-order valence-corrected chi connectivity index (χ4v) is 2.25. The molecule has 0 radical (unpaired) electrons. The van der Waals surface area contributed by atoms with Crippen LogP contribution >= 0.6 is 0 Å². The number of anilines is 1. The molecule has 102 valence electrons. The number of nitrogens with one attached hydrogen (secondary N) is 1. The van der Waals surface area contributed by atoms with Gasteiger partial charge in [0.15, 0.2) is 5.82 Å². The normalized spacial score (nSPS) is 10.3. The molecule has 4 heteroatoms. The largest absolute Gasteiger partial charge is 0.364 e. The van der Waals surface area contributed by atoms with Gasteiger partial charge in [0.25, 0.3) is 0 Å². The zero-order valence-corrected chi connectivity index (χ0v) is 11.7. The van der Waals surface area contributed by atoms with E-state index in [1.165, 1.54) is 0 Å². The first-order chi connectivity index (χ1) is 10.3. The SMILES string of the molecule is Cc1nnc(NCc2ccc(C#N)cc2)c2ccccc12. The molecule has 1 heterocycles. The number of aromatic nitrogens is 2. The molecular weight excluding hydrogens is 260 g/mol. The Morgan fingerprint density at radius 1 is 1.00 bits per heavy atom. The third kappa shape index (κ3) is 2.67. The molecule has 0 unspecified atom stereocenters. The van der Waals surface area contributed by atoms with Gasteiger partial charge in [-0.3, -0.25) is 0 Å². The molecule has 2 aromatic carbocycles. The molecule has 3 aromatic rings. The molecular formula is C17H14N4. The minimum Gasteiger partial charge on any atom is -0.364 e. The number of fused-ring (bicyclic) bond motifs is 1. The standard InChI is InChI=1S/C17H14N4/c1-12-15-4-2-3-5-16(15)17(21-20-12)19-11-14-8-6-13(10-18)7-9-14/h2-9H,11H2,1H3,(H,19,21). The van der Waals surface area contributed by atoms with E-state index >= 15 is 0 Å². The van der Waals surface area contributed by atoms with Gasteiger partial charge in [-0.2, -0.15) is 10.4 Å². The van der Waals surface area contributed by atoms with Gasteiger partial charge < -0.3 is 5.32 Å². The summed E-state index contributed by atoms with van der Waals surface area (Å²) in [6.07, 6.45) is 0. The van der Waals surface area contributed by atoms with Crippen molar-refractivity contribution in [1.82, 2.24) is 10.2 Å². The molecule has 0 aliphatic carbocycles. The van der Waals surface area contributed by atoms with Gasteiger partial charge in [-0.25, -0.2) is 0 Å². The molecule has 4 nitrogen and oxygen atoms in total. The van der Waals surface area contributed by atoms with Gasteiger partial charge >= 0.3 is 0 Å². The topological polar surface area (TPSA) is 61.6 Å². The van der Waals surface area contributed by atoms with E-state index in [1.54, 1.807) is 0 Å². The van der Waals surface area contributed by atoms with Gasteiger partial charge in [0, 0.05) is 17.3 Å². The van der Waals surface area contributed by atoms with E-state index in [2.05, 4.69) is 21.6 Å². The molecule has 1 aromatic heterocycles. The van der Waals surface area contributed by atoms with Gasteiger partial charge in [-0.1, -0.05) is 36.4 Å². The molecule has 0 fully saturated rings. The molecule has 0 bridgehead atoms. The number of rotatable bonds is 3. The van der Waals surface area contributed by atoms with E-state index in [-0.39, 0.29) is 0 Å². The number of hydrogen-bond acceptors (Lipinski definition) is 4. The van der Waals surface area contributed by atoms with Crippen molar-refractivity contribution in [3.05, 3.63) is 65.4 Å². The van der Waals surface area contributed by atoms with E-state index in [9.17, 15) is 0 Å². The van der Waals surface area contributed by atoms with Crippen LogP contribution in [-0.4, -0.2) is 10.2 Å². The quantitative estimate of drug-likeness (QED) is 0.795. The Morgan fingerprint density at radius 3 is 2.43 bits per heavy atom. The van der Waals surface area contributed by atoms with Crippen molar-refractivity contribution < 1.29 is 0 Å². The van der Waals surface area contributed by atoms with E-state index in [0.29, 0.717) is 12.1 Å². The zero-order chi connectivity index (χ0) is 14.7. The van der Waals surface area contributed by atoms with Gasteiger partial charge in [0.1, 0.15) is 0 Å². The van der Waals surface area contributed by atoms with E-state index in [4.69, 9.17) is 5.26 Å².